The van der Waals surface area contributed by atoms with E-state index in [1.54, 1.807) is 43.3 Å². The van der Waals surface area contributed by atoms with Crippen LogP contribution in [0, 0.1) is 5.82 Å². The summed E-state index contributed by atoms with van der Waals surface area (Å²) < 4.78 is 25.4. The molecule has 1 amide bonds. The third kappa shape index (κ3) is 4.86. The van der Waals surface area contributed by atoms with Crippen molar-refractivity contribution >= 4 is 16.9 Å². The second-order valence-corrected chi connectivity index (χ2v) is 7.42. The summed E-state index contributed by atoms with van der Waals surface area (Å²) in [6, 6.07) is 22.3. The molecule has 0 bridgehead atoms. The van der Waals surface area contributed by atoms with E-state index in [1.165, 1.54) is 12.1 Å². The summed E-state index contributed by atoms with van der Waals surface area (Å²) in [5.41, 5.74) is 1.98. The molecule has 5 nitrogen and oxygen atoms in total. The molecule has 32 heavy (non-hydrogen) atoms. The first-order chi connectivity index (χ1) is 15.5. The van der Waals surface area contributed by atoms with Gasteiger partial charge in [-0.05, 0) is 48.4 Å². The summed E-state index contributed by atoms with van der Waals surface area (Å²) >= 11 is 0. The number of halogens is 1. The van der Waals surface area contributed by atoms with Crippen molar-refractivity contribution in [2.24, 2.45) is 0 Å². The van der Waals surface area contributed by atoms with Crippen LogP contribution in [0.1, 0.15) is 18.4 Å². The number of rotatable bonds is 7. The Morgan fingerprint density at radius 2 is 1.84 bits per heavy atom. The zero-order valence-electron chi connectivity index (χ0n) is 17.5. The lowest BCUT2D eigenvalue weighted by molar-refractivity contribution is -0.122. The van der Waals surface area contributed by atoms with E-state index >= 15 is 0 Å². The van der Waals surface area contributed by atoms with Gasteiger partial charge < -0.3 is 14.5 Å². The number of nitrogens with one attached hydrogen (secondary N) is 1. The Labute approximate surface area is 184 Å². The molecule has 3 aromatic carbocycles. The summed E-state index contributed by atoms with van der Waals surface area (Å²) in [5.74, 6) is -0.463. The van der Waals surface area contributed by atoms with Crippen LogP contribution in [0.4, 0.5) is 4.39 Å². The molecule has 162 valence electrons. The second-order valence-electron chi connectivity index (χ2n) is 7.42. The van der Waals surface area contributed by atoms with Crippen LogP contribution in [0.15, 0.2) is 88.1 Å². The zero-order chi connectivity index (χ0) is 22.5. The molecule has 0 saturated heterocycles. The van der Waals surface area contributed by atoms with E-state index in [0.717, 1.165) is 10.9 Å². The summed E-state index contributed by atoms with van der Waals surface area (Å²) in [4.78, 5) is 23.7. The highest BCUT2D eigenvalue weighted by Gasteiger charge is 2.17. The van der Waals surface area contributed by atoms with Crippen LogP contribution in [-0.2, 0) is 4.79 Å². The minimum atomic E-state index is -0.502. The van der Waals surface area contributed by atoms with Gasteiger partial charge in [0.25, 0.3) is 0 Å². The predicted molar refractivity (Wildman–Crippen MR) is 121 cm³/mol. The fourth-order valence-corrected chi connectivity index (χ4v) is 3.44. The third-order valence-corrected chi connectivity index (χ3v) is 5.23. The summed E-state index contributed by atoms with van der Waals surface area (Å²) in [5, 5.41) is 3.57. The van der Waals surface area contributed by atoms with Gasteiger partial charge in [-0.3, -0.25) is 4.79 Å². The maximum atomic E-state index is 14.6. The number of amides is 1. The zero-order valence-corrected chi connectivity index (χ0v) is 17.5. The number of benzene rings is 3. The average molecular weight is 431 g/mol. The summed E-state index contributed by atoms with van der Waals surface area (Å²) in [6.07, 6.45) is 0. The van der Waals surface area contributed by atoms with Crippen molar-refractivity contribution in [2.75, 3.05) is 13.2 Å². The van der Waals surface area contributed by atoms with Crippen LogP contribution in [0.3, 0.4) is 0 Å². The topological polar surface area (TPSA) is 68.5 Å². The Balaban J connectivity index is 1.31. The lowest BCUT2D eigenvalue weighted by Gasteiger charge is -2.14. The fraction of sp³-hybridized carbons (Fsp3) is 0.154. The maximum Gasteiger partial charge on any atom is 0.336 e. The molecule has 0 aliphatic rings. The van der Waals surface area contributed by atoms with E-state index < -0.39 is 11.5 Å². The number of carbonyl (C=O) groups excluding carboxylic acids is 1. The van der Waals surface area contributed by atoms with Gasteiger partial charge in [0.2, 0.25) is 5.91 Å². The Morgan fingerprint density at radius 1 is 1.03 bits per heavy atom. The average Bonchev–Trinajstić information content (AvgIpc) is 2.81. The number of carbonyl (C=O) groups is 1. The molecule has 0 saturated carbocycles. The van der Waals surface area contributed by atoms with Gasteiger partial charge in [0.1, 0.15) is 23.8 Å². The van der Waals surface area contributed by atoms with Crippen LogP contribution in [0.25, 0.3) is 22.1 Å². The number of hydrogen-bond acceptors (Lipinski definition) is 4. The maximum absolute atomic E-state index is 14.6. The molecule has 1 atom stereocenters. The lowest BCUT2D eigenvalue weighted by atomic mass is 9.96. The molecule has 1 unspecified atom stereocenters. The van der Waals surface area contributed by atoms with Gasteiger partial charge in [-0.2, -0.15) is 0 Å². The molecule has 6 heteroatoms. The van der Waals surface area contributed by atoms with Gasteiger partial charge in [0.15, 0.2) is 0 Å². The van der Waals surface area contributed by atoms with E-state index in [1.807, 2.05) is 30.3 Å². The van der Waals surface area contributed by atoms with Crippen molar-refractivity contribution in [3.05, 3.63) is 101 Å². The minimum absolute atomic E-state index is 0.208. The molecular formula is C26H22FNO4. The van der Waals surface area contributed by atoms with E-state index in [-0.39, 0.29) is 18.3 Å². The van der Waals surface area contributed by atoms with Gasteiger partial charge in [-0.15, -0.1) is 0 Å². The Hall–Kier alpha value is -3.93. The monoisotopic (exact) mass is 431 g/mol. The molecular weight excluding hydrogens is 409 g/mol. The molecule has 1 N–H and O–H groups in total. The quantitative estimate of drug-likeness (QED) is 0.334. The molecule has 0 aliphatic carbocycles. The van der Waals surface area contributed by atoms with E-state index in [9.17, 15) is 14.0 Å². The summed E-state index contributed by atoms with van der Waals surface area (Å²) in [7, 11) is 0. The SMILES string of the molecule is CC(C(=O)NCCOc1ccc2oc(=O)ccc2c1)c1ccc(-c2ccccc2)c(F)c1. The van der Waals surface area contributed by atoms with E-state index in [2.05, 4.69) is 5.32 Å². The molecule has 4 aromatic rings. The van der Waals surface area contributed by atoms with Crippen LogP contribution < -0.4 is 15.7 Å². The van der Waals surface area contributed by atoms with Gasteiger partial charge in [0.05, 0.1) is 12.5 Å². The van der Waals surface area contributed by atoms with Gasteiger partial charge in [-0.1, -0.05) is 42.5 Å². The highest BCUT2D eigenvalue weighted by atomic mass is 19.1. The van der Waals surface area contributed by atoms with Gasteiger partial charge >= 0.3 is 5.63 Å². The Bertz CT molecular complexity index is 1300. The van der Waals surface area contributed by atoms with Crippen molar-refractivity contribution in [3.63, 3.8) is 0 Å². The van der Waals surface area contributed by atoms with Crippen LogP contribution in [0.5, 0.6) is 5.75 Å². The molecule has 0 fully saturated rings. The first-order valence-corrected chi connectivity index (χ1v) is 10.3. The fourth-order valence-electron chi connectivity index (χ4n) is 3.44. The molecule has 4 rings (SSSR count). The predicted octanol–water partition coefficient (Wildman–Crippen LogP) is 4.90. The molecule has 1 aromatic heterocycles. The van der Waals surface area contributed by atoms with Crippen molar-refractivity contribution < 1.29 is 18.3 Å². The van der Waals surface area contributed by atoms with Crippen LogP contribution >= 0.6 is 0 Å². The molecule has 0 spiro atoms. The van der Waals surface area contributed by atoms with E-state index in [4.69, 9.17) is 9.15 Å². The van der Waals surface area contributed by atoms with Crippen molar-refractivity contribution in [2.45, 2.75) is 12.8 Å². The normalized spacial score (nSPS) is 11.8. The van der Waals surface area contributed by atoms with Crippen molar-refractivity contribution in [1.82, 2.24) is 5.32 Å². The van der Waals surface area contributed by atoms with E-state index in [0.29, 0.717) is 29.0 Å². The lowest BCUT2D eigenvalue weighted by Crippen LogP contribution is -2.31. The van der Waals surface area contributed by atoms with Gasteiger partial charge in [0, 0.05) is 17.0 Å². The molecule has 0 aliphatic heterocycles. The highest BCUT2D eigenvalue weighted by Crippen LogP contribution is 2.26. The summed E-state index contributed by atoms with van der Waals surface area (Å²) in [6.45, 7) is 2.31. The molecule has 0 radical (unpaired) electrons. The minimum Gasteiger partial charge on any atom is -0.492 e. The number of fused-ring (bicyclic) bond motifs is 1. The van der Waals surface area contributed by atoms with Crippen molar-refractivity contribution in [3.8, 4) is 16.9 Å². The number of ether oxygens (including phenoxy) is 1. The highest BCUT2D eigenvalue weighted by molar-refractivity contribution is 5.83. The molecule has 1 heterocycles. The third-order valence-electron chi connectivity index (χ3n) is 5.23. The largest absolute Gasteiger partial charge is 0.492 e. The van der Waals surface area contributed by atoms with Gasteiger partial charge in [-0.25, -0.2) is 9.18 Å². The first kappa shape index (κ1) is 21.3. The standard InChI is InChI=1S/C26H22FNO4/c1-17(19-7-10-22(23(27)16-19)18-5-3-2-4-6-18)26(30)28-13-14-31-21-9-11-24-20(15-21)8-12-25(29)32-24/h2-12,15-17H,13-14H2,1H3,(H,28,30). The smallest absolute Gasteiger partial charge is 0.336 e. The number of hydrogen-bond donors (Lipinski definition) is 1. The Kier molecular flexibility index (Phi) is 6.31. The first-order valence-electron chi connectivity index (χ1n) is 10.3. The Morgan fingerprint density at radius 3 is 2.62 bits per heavy atom. The van der Waals surface area contributed by atoms with Crippen LogP contribution in [-0.4, -0.2) is 19.1 Å². The van der Waals surface area contributed by atoms with Crippen molar-refractivity contribution in [1.29, 1.82) is 0 Å². The second kappa shape index (κ2) is 9.47. The van der Waals surface area contributed by atoms with Crippen LogP contribution in [0.2, 0.25) is 0 Å².